The van der Waals surface area contributed by atoms with Crippen LogP contribution >= 0.6 is 0 Å². The third-order valence-corrected chi connectivity index (χ3v) is 1.63. The molecule has 1 aliphatic heterocycles. The van der Waals surface area contributed by atoms with Gasteiger partial charge in [0.05, 0.1) is 6.42 Å². The molecule has 2 N–H and O–H groups in total. The molecule has 4 heteroatoms. The summed E-state index contributed by atoms with van der Waals surface area (Å²) in [6, 6.07) is 0.175. The minimum Gasteiger partial charge on any atom is -0.368 e. The molecule has 0 amide bonds. The number of carbonyl (C=O) groups is 1. The number of hydrogen-bond donors (Lipinski definition) is 1. The summed E-state index contributed by atoms with van der Waals surface area (Å²) in [6.45, 7) is 3.41. The molecule has 1 fully saturated rings. The normalized spacial score (nSPS) is 21.8. The Balaban J connectivity index is 2.13. The monoisotopic (exact) mass is 158 g/mol. The Bertz CT molecular complexity index is 147. The Morgan fingerprint density at radius 2 is 2.55 bits per heavy atom. The second-order valence-electron chi connectivity index (χ2n) is 2.91. The quantitative estimate of drug-likeness (QED) is 0.622. The van der Waals surface area contributed by atoms with Gasteiger partial charge >= 0.3 is 5.97 Å². The van der Waals surface area contributed by atoms with E-state index >= 15 is 0 Å². The van der Waals surface area contributed by atoms with Gasteiger partial charge in [0.25, 0.3) is 0 Å². The van der Waals surface area contributed by atoms with E-state index in [4.69, 9.17) is 10.6 Å². The molecular formula is C7H14N2O2. The maximum Gasteiger partial charge on any atom is 0.326 e. The summed E-state index contributed by atoms with van der Waals surface area (Å²) in [4.78, 5) is 15.5. The van der Waals surface area contributed by atoms with Gasteiger partial charge in [-0.25, -0.2) is 0 Å². The fraction of sp³-hybridized carbons (Fsp3) is 0.857. The molecule has 1 atom stereocenters. The predicted octanol–water partition coefficient (Wildman–Crippen LogP) is -0.112. The van der Waals surface area contributed by atoms with Gasteiger partial charge in [-0.3, -0.25) is 4.79 Å². The van der Waals surface area contributed by atoms with Crippen LogP contribution in [0.2, 0.25) is 0 Å². The molecule has 0 aromatic rings. The summed E-state index contributed by atoms with van der Waals surface area (Å²) in [5.74, 6) is -0.130. The van der Waals surface area contributed by atoms with Crippen molar-refractivity contribution in [2.75, 3.05) is 13.1 Å². The fourth-order valence-electron chi connectivity index (χ4n) is 0.956. The standard InChI is InChI=1S/C7H14N2O2/c1-6(8)2-4-9-5-3-7(10)11-9/h6H,2-5,8H2,1H3. The minimum atomic E-state index is -0.130. The van der Waals surface area contributed by atoms with Gasteiger partial charge in [-0.15, -0.1) is 5.06 Å². The number of nitrogens with two attached hydrogens (primary N) is 1. The van der Waals surface area contributed by atoms with Gasteiger partial charge < -0.3 is 10.6 Å². The third-order valence-electron chi connectivity index (χ3n) is 1.63. The minimum absolute atomic E-state index is 0.130. The van der Waals surface area contributed by atoms with Crippen LogP contribution in [0.3, 0.4) is 0 Å². The Labute approximate surface area is 66.3 Å². The van der Waals surface area contributed by atoms with Crippen LogP contribution < -0.4 is 5.73 Å². The number of hydrogen-bond acceptors (Lipinski definition) is 4. The highest BCUT2D eigenvalue weighted by atomic mass is 16.7. The Kier molecular flexibility index (Phi) is 2.84. The average molecular weight is 158 g/mol. The van der Waals surface area contributed by atoms with Gasteiger partial charge in [-0.05, 0) is 13.3 Å². The molecule has 0 radical (unpaired) electrons. The van der Waals surface area contributed by atoms with Crippen molar-refractivity contribution in [3.05, 3.63) is 0 Å². The molecule has 0 bridgehead atoms. The van der Waals surface area contributed by atoms with Gasteiger partial charge in [0.2, 0.25) is 0 Å². The second-order valence-corrected chi connectivity index (χ2v) is 2.91. The molecular weight excluding hydrogens is 144 g/mol. The number of carbonyl (C=O) groups excluding carboxylic acids is 1. The lowest BCUT2D eigenvalue weighted by atomic mass is 10.2. The van der Waals surface area contributed by atoms with Gasteiger partial charge in [0, 0.05) is 19.1 Å². The van der Waals surface area contributed by atoms with E-state index < -0.39 is 0 Å². The van der Waals surface area contributed by atoms with E-state index in [1.54, 1.807) is 5.06 Å². The van der Waals surface area contributed by atoms with Crippen molar-refractivity contribution in [1.82, 2.24) is 5.06 Å². The zero-order valence-electron chi connectivity index (χ0n) is 6.75. The van der Waals surface area contributed by atoms with Crippen LogP contribution in [0.5, 0.6) is 0 Å². The summed E-state index contributed by atoms with van der Waals surface area (Å²) in [6.07, 6.45) is 1.38. The van der Waals surface area contributed by atoms with Gasteiger partial charge in [0.15, 0.2) is 0 Å². The van der Waals surface area contributed by atoms with E-state index in [-0.39, 0.29) is 12.0 Å². The molecule has 0 aromatic heterocycles. The second kappa shape index (κ2) is 3.69. The van der Waals surface area contributed by atoms with Crippen LogP contribution in [0.25, 0.3) is 0 Å². The van der Waals surface area contributed by atoms with E-state index in [1.165, 1.54) is 0 Å². The highest BCUT2D eigenvalue weighted by molar-refractivity contribution is 5.70. The molecule has 1 rings (SSSR count). The zero-order valence-corrected chi connectivity index (χ0v) is 6.75. The maximum absolute atomic E-state index is 10.6. The number of hydroxylamine groups is 2. The molecule has 1 heterocycles. The first kappa shape index (κ1) is 8.49. The van der Waals surface area contributed by atoms with Crippen molar-refractivity contribution >= 4 is 5.97 Å². The van der Waals surface area contributed by atoms with Gasteiger partial charge in [-0.1, -0.05) is 0 Å². The highest BCUT2D eigenvalue weighted by Crippen LogP contribution is 2.06. The first-order chi connectivity index (χ1) is 5.18. The number of nitrogens with zero attached hydrogens (tertiary/aromatic N) is 1. The first-order valence-electron chi connectivity index (χ1n) is 3.90. The lowest BCUT2D eigenvalue weighted by Crippen LogP contribution is -2.26. The summed E-state index contributed by atoms with van der Waals surface area (Å²) in [5, 5.41) is 1.67. The fourth-order valence-corrected chi connectivity index (χ4v) is 0.956. The van der Waals surface area contributed by atoms with Crippen molar-refractivity contribution in [2.45, 2.75) is 25.8 Å². The number of rotatable bonds is 3. The van der Waals surface area contributed by atoms with Crippen LogP contribution in [-0.2, 0) is 9.63 Å². The summed E-state index contributed by atoms with van der Waals surface area (Å²) in [7, 11) is 0. The van der Waals surface area contributed by atoms with Crippen molar-refractivity contribution in [3.8, 4) is 0 Å². The molecule has 0 spiro atoms. The van der Waals surface area contributed by atoms with E-state index in [0.717, 1.165) is 13.0 Å². The topological polar surface area (TPSA) is 55.6 Å². The third kappa shape index (κ3) is 2.86. The highest BCUT2D eigenvalue weighted by Gasteiger charge is 2.20. The van der Waals surface area contributed by atoms with Crippen molar-refractivity contribution in [2.24, 2.45) is 5.73 Å². The summed E-state index contributed by atoms with van der Waals surface area (Å²) < 4.78 is 0. The van der Waals surface area contributed by atoms with E-state index in [2.05, 4.69) is 0 Å². The average Bonchev–Trinajstić information content (AvgIpc) is 2.31. The molecule has 0 aromatic carbocycles. The molecule has 4 nitrogen and oxygen atoms in total. The summed E-state index contributed by atoms with van der Waals surface area (Å²) >= 11 is 0. The van der Waals surface area contributed by atoms with Crippen molar-refractivity contribution in [3.63, 3.8) is 0 Å². The van der Waals surface area contributed by atoms with E-state index in [1.807, 2.05) is 6.92 Å². The largest absolute Gasteiger partial charge is 0.368 e. The van der Waals surface area contributed by atoms with Crippen LogP contribution in [0.1, 0.15) is 19.8 Å². The van der Waals surface area contributed by atoms with Gasteiger partial charge in [0.1, 0.15) is 0 Å². The SMILES string of the molecule is CC(N)CCN1CCC(=O)O1. The molecule has 0 aliphatic carbocycles. The van der Waals surface area contributed by atoms with Crippen LogP contribution in [0, 0.1) is 0 Å². The maximum atomic E-state index is 10.6. The van der Waals surface area contributed by atoms with Crippen molar-refractivity contribution < 1.29 is 9.63 Å². The smallest absolute Gasteiger partial charge is 0.326 e. The Morgan fingerprint density at radius 1 is 1.82 bits per heavy atom. The first-order valence-corrected chi connectivity index (χ1v) is 3.90. The van der Waals surface area contributed by atoms with Crippen LogP contribution in [0.4, 0.5) is 0 Å². The van der Waals surface area contributed by atoms with Crippen LogP contribution in [-0.4, -0.2) is 30.2 Å². The summed E-state index contributed by atoms with van der Waals surface area (Å²) in [5.41, 5.74) is 5.54. The van der Waals surface area contributed by atoms with Crippen LogP contribution in [0.15, 0.2) is 0 Å². The lowest BCUT2D eigenvalue weighted by Gasteiger charge is -2.13. The molecule has 1 aliphatic rings. The Morgan fingerprint density at radius 3 is 3.00 bits per heavy atom. The molecule has 1 saturated heterocycles. The van der Waals surface area contributed by atoms with Gasteiger partial charge in [-0.2, -0.15) is 0 Å². The zero-order chi connectivity index (χ0) is 8.27. The van der Waals surface area contributed by atoms with E-state index in [0.29, 0.717) is 13.0 Å². The molecule has 64 valence electrons. The molecule has 11 heavy (non-hydrogen) atoms. The predicted molar refractivity (Wildman–Crippen MR) is 40.5 cm³/mol. The van der Waals surface area contributed by atoms with E-state index in [9.17, 15) is 4.79 Å². The Hall–Kier alpha value is -0.610. The molecule has 1 unspecified atom stereocenters. The lowest BCUT2D eigenvalue weighted by molar-refractivity contribution is -0.170. The molecule has 0 saturated carbocycles. The van der Waals surface area contributed by atoms with Crippen molar-refractivity contribution in [1.29, 1.82) is 0 Å².